The molecule has 0 bridgehead atoms. The normalized spacial score (nSPS) is 34.0. The number of phenolic OH excluding ortho intramolecular Hbond substituents is 2. The van der Waals surface area contributed by atoms with Crippen molar-refractivity contribution in [2.75, 3.05) is 28.4 Å². The minimum absolute atomic E-state index is 0.0978. The van der Waals surface area contributed by atoms with Gasteiger partial charge in [-0.3, -0.25) is 9.59 Å². The van der Waals surface area contributed by atoms with E-state index in [4.69, 9.17) is 28.4 Å². The van der Waals surface area contributed by atoms with Gasteiger partial charge in [0.05, 0.1) is 24.3 Å². The second-order valence-electron chi connectivity index (χ2n) is 10.8. The first-order valence-corrected chi connectivity index (χ1v) is 13.2. The summed E-state index contributed by atoms with van der Waals surface area (Å²) in [7, 11) is 5.32. The molecule has 1 heterocycles. The highest BCUT2D eigenvalue weighted by molar-refractivity contribution is 6.30. The number of benzene rings is 2. The minimum Gasteiger partial charge on any atom is -0.507 e. The standard InChI is InChI=1S/C29H34O13/c1-10-23(38-4)22(34)25(39-5)28(41-10)42-24-18-14(26(35)29(2,36)27(24)40-6)9-13-17(21(18)33)20(32)16-12(19(13)31)7-11(37-3)8-15(16)30/h7-10,22-28,30,33-36H,1-6H3/t10-,22-,23-,24+,25-,26-,27-,28-,29+/m0/s1. The van der Waals surface area contributed by atoms with Crippen LogP contribution in [0, 0.1) is 0 Å². The predicted molar refractivity (Wildman–Crippen MR) is 142 cm³/mol. The number of aliphatic hydroxyl groups is 3. The van der Waals surface area contributed by atoms with Gasteiger partial charge in [-0.2, -0.15) is 0 Å². The van der Waals surface area contributed by atoms with Gasteiger partial charge in [-0.25, -0.2) is 0 Å². The molecule has 1 aliphatic heterocycles. The van der Waals surface area contributed by atoms with Crippen molar-refractivity contribution in [3.8, 4) is 17.2 Å². The molecule has 9 atom stereocenters. The number of phenols is 2. The fourth-order valence-electron chi connectivity index (χ4n) is 6.30. The molecule has 0 unspecified atom stereocenters. The number of hydrogen-bond donors (Lipinski definition) is 5. The van der Waals surface area contributed by atoms with Crippen molar-refractivity contribution < 1.29 is 63.5 Å². The molecule has 5 N–H and O–H groups in total. The first kappa shape index (κ1) is 30.3. The summed E-state index contributed by atoms with van der Waals surface area (Å²) in [5, 5.41) is 55.9. The Morgan fingerprint density at radius 1 is 0.881 bits per heavy atom. The average Bonchev–Trinajstić information content (AvgIpc) is 2.94. The zero-order chi connectivity index (χ0) is 30.8. The van der Waals surface area contributed by atoms with Crippen LogP contribution < -0.4 is 4.74 Å². The van der Waals surface area contributed by atoms with Gasteiger partial charge in [0.15, 0.2) is 12.1 Å². The number of fused-ring (bicyclic) bond motifs is 3. The van der Waals surface area contributed by atoms with Gasteiger partial charge in [0, 0.05) is 44.1 Å². The largest absolute Gasteiger partial charge is 0.507 e. The molecule has 5 rings (SSSR count). The number of aliphatic hydroxyl groups excluding tert-OH is 2. The van der Waals surface area contributed by atoms with Crippen LogP contribution in [0.4, 0.5) is 0 Å². The van der Waals surface area contributed by atoms with Gasteiger partial charge in [0.2, 0.25) is 5.78 Å². The number of aromatic hydroxyl groups is 2. The third-order valence-electron chi connectivity index (χ3n) is 8.46. The van der Waals surface area contributed by atoms with Gasteiger partial charge in [0.1, 0.15) is 59.5 Å². The van der Waals surface area contributed by atoms with E-state index >= 15 is 0 Å². The summed E-state index contributed by atoms with van der Waals surface area (Å²) in [6, 6.07) is 3.67. The Labute approximate surface area is 241 Å². The van der Waals surface area contributed by atoms with Gasteiger partial charge < -0.3 is 54.0 Å². The number of rotatable bonds is 6. The van der Waals surface area contributed by atoms with Crippen molar-refractivity contribution in [2.45, 2.75) is 68.5 Å². The smallest absolute Gasteiger partial charge is 0.201 e. The summed E-state index contributed by atoms with van der Waals surface area (Å²) < 4.78 is 33.7. The molecule has 13 nitrogen and oxygen atoms in total. The summed E-state index contributed by atoms with van der Waals surface area (Å²) in [6.45, 7) is 2.94. The van der Waals surface area contributed by atoms with Crippen molar-refractivity contribution in [3.05, 3.63) is 51.6 Å². The van der Waals surface area contributed by atoms with Crippen molar-refractivity contribution in [3.63, 3.8) is 0 Å². The molecule has 42 heavy (non-hydrogen) atoms. The topological polar surface area (TPSA) is 191 Å². The number of methoxy groups -OCH3 is 4. The Morgan fingerprint density at radius 2 is 1.52 bits per heavy atom. The first-order valence-electron chi connectivity index (χ1n) is 13.2. The molecule has 3 aliphatic rings. The fourth-order valence-corrected chi connectivity index (χ4v) is 6.30. The Hall–Kier alpha value is -3.14. The lowest BCUT2D eigenvalue weighted by Gasteiger charge is -2.49. The van der Waals surface area contributed by atoms with E-state index in [1.807, 2.05) is 0 Å². The van der Waals surface area contributed by atoms with Gasteiger partial charge in [-0.1, -0.05) is 0 Å². The van der Waals surface area contributed by atoms with Gasteiger partial charge in [0.25, 0.3) is 0 Å². The van der Waals surface area contributed by atoms with Gasteiger partial charge in [-0.05, 0) is 31.5 Å². The van der Waals surface area contributed by atoms with Crippen LogP contribution >= 0.6 is 0 Å². The first-order chi connectivity index (χ1) is 19.8. The zero-order valence-electron chi connectivity index (χ0n) is 23.9. The van der Waals surface area contributed by atoms with Crippen LogP contribution in [0.15, 0.2) is 18.2 Å². The summed E-state index contributed by atoms with van der Waals surface area (Å²) in [4.78, 5) is 27.3. The maximum Gasteiger partial charge on any atom is 0.201 e. The average molecular weight is 591 g/mol. The van der Waals surface area contributed by atoms with E-state index in [9.17, 15) is 35.1 Å². The highest BCUT2D eigenvalue weighted by Gasteiger charge is 2.56. The molecule has 2 aromatic carbocycles. The maximum absolute atomic E-state index is 13.7. The second-order valence-corrected chi connectivity index (χ2v) is 10.8. The van der Waals surface area contributed by atoms with E-state index in [-0.39, 0.29) is 33.6 Å². The quantitative estimate of drug-likeness (QED) is 0.272. The fraction of sp³-hybridized carbons (Fsp3) is 0.517. The summed E-state index contributed by atoms with van der Waals surface area (Å²) in [5.41, 5.74) is -3.44. The van der Waals surface area contributed by atoms with Crippen LogP contribution in [0.2, 0.25) is 0 Å². The Kier molecular flexibility index (Phi) is 7.83. The third-order valence-corrected chi connectivity index (χ3v) is 8.46. The second kappa shape index (κ2) is 10.8. The molecule has 2 aliphatic carbocycles. The Bertz CT molecular complexity index is 1420. The Balaban J connectivity index is 1.69. The van der Waals surface area contributed by atoms with Crippen LogP contribution in [0.1, 0.15) is 69.0 Å². The molecule has 1 saturated heterocycles. The van der Waals surface area contributed by atoms with Crippen LogP contribution in [-0.2, 0) is 23.7 Å². The van der Waals surface area contributed by atoms with Gasteiger partial charge >= 0.3 is 0 Å². The van der Waals surface area contributed by atoms with Crippen molar-refractivity contribution >= 4 is 11.6 Å². The van der Waals surface area contributed by atoms with E-state index in [1.165, 1.54) is 53.6 Å². The van der Waals surface area contributed by atoms with E-state index < -0.39 is 83.2 Å². The molecule has 0 spiro atoms. The van der Waals surface area contributed by atoms with E-state index in [0.29, 0.717) is 0 Å². The monoisotopic (exact) mass is 590 g/mol. The van der Waals surface area contributed by atoms with E-state index in [1.54, 1.807) is 6.92 Å². The third kappa shape index (κ3) is 4.31. The van der Waals surface area contributed by atoms with Crippen molar-refractivity contribution in [2.24, 2.45) is 0 Å². The van der Waals surface area contributed by atoms with Gasteiger partial charge in [-0.15, -0.1) is 0 Å². The summed E-state index contributed by atoms with van der Waals surface area (Å²) in [6.07, 6.45) is -9.48. The van der Waals surface area contributed by atoms with Crippen molar-refractivity contribution in [1.82, 2.24) is 0 Å². The maximum atomic E-state index is 13.7. The highest BCUT2D eigenvalue weighted by atomic mass is 16.7. The molecule has 0 saturated carbocycles. The lowest BCUT2D eigenvalue weighted by atomic mass is 9.71. The summed E-state index contributed by atoms with van der Waals surface area (Å²) >= 11 is 0. The highest BCUT2D eigenvalue weighted by Crippen LogP contribution is 2.53. The van der Waals surface area contributed by atoms with Crippen molar-refractivity contribution in [1.29, 1.82) is 0 Å². The molecule has 0 amide bonds. The predicted octanol–water partition coefficient (Wildman–Crippen LogP) is 0.888. The zero-order valence-corrected chi connectivity index (χ0v) is 23.9. The van der Waals surface area contributed by atoms with Crippen LogP contribution in [0.25, 0.3) is 0 Å². The number of carbonyl (C=O) groups is 2. The lowest BCUT2D eigenvalue weighted by Crippen LogP contribution is -2.60. The molecule has 0 aromatic heterocycles. The molecule has 228 valence electrons. The minimum atomic E-state index is -2.04. The molecular formula is C29H34O13. The van der Waals surface area contributed by atoms with Crippen LogP contribution in [-0.4, -0.2) is 108 Å². The molecule has 13 heteroatoms. The number of hydrogen-bond acceptors (Lipinski definition) is 13. The molecule has 0 radical (unpaired) electrons. The Morgan fingerprint density at radius 3 is 2.12 bits per heavy atom. The lowest BCUT2D eigenvalue weighted by molar-refractivity contribution is -0.329. The molecule has 1 fully saturated rings. The molecule has 2 aromatic rings. The molecular weight excluding hydrogens is 556 g/mol. The number of carbonyl (C=O) groups excluding carboxylic acids is 2. The number of ketones is 2. The van der Waals surface area contributed by atoms with E-state index in [0.717, 1.165) is 0 Å². The number of ether oxygens (including phenoxy) is 6. The van der Waals surface area contributed by atoms with E-state index in [2.05, 4.69) is 0 Å². The van der Waals surface area contributed by atoms with Crippen LogP contribution in [0.5, 0.6) is 17.2 Å². The van der Waals surface area contributed by atoms with Crippen LogP contribution in [0.3, 0.4) is 0 Å². The summed E-state index contributed by atoms with van der Waals surface area (Å²) in [5.74, 6) is -2.68. The SMILES string of the molecule is COc1cc(O)c2c(c1)C(=O)c1cc3c(c(O)c1C2=O)[C@@H](O[C@@H]1O[C@@H](C)[C@H](OC)[C@H](O)[C@@H]1OC)[C@H](OC)[C@](C)(O)[C@H]3O.